The highest BCUT2D eigenvalue weighted by molar-refractivity contribution is 8.00. The summed E-state index contributed by atoms with van der Waals surface area (Å²) in [5, 5.41) is 14.5. The summed E-state index contributed by atoms with van der Waals surface area (Å²) in [6, 6.07) is 31.3. The maximum Gasteiger partial charge on any atom is 0.418 e. The predicted octanol–water partition coefficient (Wildman–Crippen LogP) is 4.92. The molecule has 2 bridgehead atoms. The van der Waals surface area contributed by atoms with Crippen LogP contribution >= 0.6 is 11.8 Å². The van der Waals surface area contributed by atoms with Gasteiger partial charge in [-0.15, -0.1) is 16.0 Å². The average Bonchev–Trinajstić information content (AvgIpc) is 4.08. The normalized spacial score (nSPS) is 22.3. The number of fused-ring (bicyclic) bond motifs is 7. The molecule has 0 radical (unpaired) electrons. The Balaban J connectivity index is 0.861. The Hall–Kier alpha value is -7.08. The van der Waals surface area contributed by atoms with E-state index in [1.165, 1.54) is 24.2 Å². The number of hydrogen-bond donors (Lipinski definition) is 3. The second kappa shape index (κ2) is 17.6. The number of carbonyl (C=O) groups excluding carboxylic acids is 3. The highest BCUT2D eigenvalue weighted by Crippen LogP contribution is 2.46. The Morgan fingerprint density at radius 3 is 2.48 bits per heavy atom. The van der Waals surface area contributed by atoms with Crippen molar-refractivity contribution in [3.05, 3.63) is 137 Å². The van der Waals surface area contributed by atoms with E-state index in [0.29, 0.717) is 38.5 Å². The van der Waals surface area contributed by atoms with Crippen LogP contribution in [0.4, 0.5) is 21.9 Å². The minimum absolute atomic E-state index is 0.00469. The molecular formula is C51H46N7O12S3+. The van der Waals surface area contributed by atoms with Crippen LogP contribution in [0, 0.1) is 0 Å². The molecule has 4 amide bonds. The molecule has 22 heteroatoms. The summed E-state index contributed by atoms with van der Waals surface area (Å²) in [5.74, 6) is -2.35. The first-order valence-electron chi connectivity index (χ1n) is 23.6. The van der Waals surface area contributed by atoms with Gasteiger partial charge < -0.3 is 24.6 Å². The van der Waals surface area contributed by atoms with Crippen LogP contribution in [0.5, 0.6) is 0 Å². The van der Waals surface area contributed by atoms with Gasteiger partial charge in [-0.3, -0.25) is 19.0 Å². The number of β-lactam (4-membered cyclic amide) rings is 1. The van der Waals surface area contributed by atoms with Crippen molar-refractivity contribution < 1.29 is 54.4 Å². The third-order valence-corrected chi connectivity index (χ3v) is 18.2. The molecule has 7 aliphatic heterocycles. The fourth-order valence-electron chi connectivity index (χ4n) is 11.3. The van der Waals surface area contributed by atoms with Crippen molar-refractivity contribution in [2.75, 3.05) is 43.9 Å². The van der Waals surface area contributed by atoms with E-state index >= 15 is 8.42 Å². The van der Waals surface area contributed by atoms with Crippen molar-refractivity contribution in [3.8, 4) is 22.5 Å². The molecule has 4 aromatic rings. The van der Waals surface area contributed by atoms with E-state index < -0.39 is 73.4 Å². The summed E-state index contributed by atoms with van der Waals surface area (Å²) in [7, 11) is -8.06. The number of carboxylic acid groups (broad SMARTS) is 1. The van der Waals surface area contributed by atoms with E-state index in [2.05, 4.69) is 43.3 Å². The summed E-state index contributed by atoms with van der Waals surface area (Å²) in [4.78, 5) is 57.7. The molecule has 8 aliphatic rings. The van der Waals surface area contributed by atoms with E-state index in [9.17, 15) is 32.7 Å². The van der Waals surface area contributed by atoms with Gasteiger partial charge in [-0.1, -0.05) is 54.6 Å². The smallest absolute Gasteiger partial charge is 0.418 e. The lowest BCUT2D eigenvalue weighted by atomic mass is 9.93. The molecule has 19 nitrogen and oxygen atoms in total. The number of urea groups is 1. The van der Waals surface area contributed by atoms with Gasteiger partial charge in [0.05, 0.1) is 17.0 Å². The number of aliphatic carboxylic acids is 1. The molecule has 0 spiro atoms. The quantitative estimate of drug-likeness (QED) is 0.0677. The van der Waals surface area contributed by atoms with Gasteiger partial charge in [-0.2, -0.15) is 22.4 Å². The summed E-state index contributed by atoms with van der Waals surface area (Å²) < 4.78 is 76.6. The first-order chi connectivity index (χ1) is 35.1. The zero-order valence-corrected chi connectivity index (χ0v) is 41.4. The second-order valence-corrected chi connectivity index (χ2v) is 22.9. The van der Waals surface area contributed by atoms with Gasteiger partial charge in [0, 0.05) is 96.1 Å². The number of nitrogens with one attached hydrogen (secondary N) is 1. The van der Waals surface area contributed by atoms with Crippen molar-refractivity contribution in [3.63, 3.8) is 0 Å². The summed E-state index contributed by atoms with van der Waals surface area (Å²) in [6.45, 7) is 1.12. The van der Waals surface area contributed by atoms with Crippen molar-refractivity contribution in [2.24, 2.45) is 0 Å². The topological polar surface area (TPSA) is 231 Å². The lowest BCUT2D eigenvalue weighted by Crippen LogP contribution is -2.72. The molecule has 1 unspecified atom stereocenters. The maximum absolute atomic E-state index is 15.1. The number of carbonyl (C=O) groups is 4. The number of piperidine rings is 1. The summed E-state index contributed by atoms with van der Waals surface area (Å²) >= 11 is 1.16. The zero-order chi connectivity index (χ0) is 50.7. The number of hydroxylamine groups is 2. The number of para-hydroxylation sites is 2. The molecule has 3 fully saturated rings. The molecule has 0 saturated carbocycles. The van der Waals surface area contributed by atoms with E-state index in [0.717, 1.165) is 74.2 Å². The van der Waals surface area contributed by atoms with Gasteiger partial charge in [-0.05, 0) is 60.7 Å². The average molecular weight is 1050 g/mol. The Labute approximate surface area is 422 Å². The third kappa shape index (κ3) is 7.85. The molecule has 3 N–H and O–H groups in total. The van der Waals surface area contributed by atoms with Crippen LogP contribution in [0.1, 0.15) is 24.0 Å². The maximum atomic E-state index is 15.1. The van der Waals surface area contributed by atoms with Gasteiger partial charge in [0.25, 0.3) is 5.91 Å². The molecule has 0 aromatic heterocycles. The van der Waals surface area contributed by atoms with Crippen LogP contribution < -0.4 is 20.1 Å². The van der Waals surface area contributed by atoms with Crippen LogP contribution in [0.15, 0.2) is 130 Å². The monoisotopic (exact) mass is 1040 g/mol. The standard InChI is InChI=1S/C51H45N7O12S3/c1-53(26-31-28-71-49-45(48(60)57(49)46(31)50(61)62)52-47(59)40-19-16-34-27-56(40)51(63)58(34)70-73(66,67)68)72(64,65)43-13-7-4-10-37(43)44-35-17-14-32(54-22-20-29-8-2-5-11-38(29)54)24-41(35)69-42-25-33(15-18-36(42)44)55-23-21-30-9-3-6-12-39(30)55/h2-15,17-18,24-25,34,40,45,49H,16,19-23,26-28H2,1H3,(H2-,52,59,61,62,66,67,68)/p+1/t34-,40?,45+,49+/m0/s1. The van der Waals surface area contributed by atoms with Crippen molar-refractivity contribution in [2.45, 2.75) is 54.1 Å². The Morgan fingerprint density at radius 1 is 0.904 bits per heavy atom. The van der Waals surface area contributed by atoms with E-state index in [-0.39, 0.29) is 42.2 Å². The first kappa shape index (κ1) is 47.0. The Morgan fingerprint density at radius 2 is 1.67 bits per heavy atom. The molecular weight excluding hydrogens is 999 g/mol. The minimum atomic E-state index is -5.02. The number of thioether (sulfide) groups is 1. The van der Waals surface area contributed by atoms with Crippen molar-refractivity contribution >= 4 is 84.0 Å². The molecule has 374 valence electrons. The first-order valence-corrected chi connectivity index (χ1v) is 27.5. The number of likely N-dealkylation sites (N-methyl/N-ethyl adjacent to an activating group) is 1. The number of nitrogens with zero attached hydrogens (tertiary/aromatic N) is 6. The fraction of sp³-hybridized carbons (Fsp3) is 0.275. The van der Waals surface area contributed by atoms with Crippen LogP contribution in [-0.4, -0.2) is 132 Å². The fourth-order valence-corrected chi connectivity index (χ4v) is 14.4. The van der Waals surface area contributed by atoms with Crippen LogP contribution in [0.2, 0.25) is 0 Å². The number of hydrogen-bond acceptors (Lipinski definition) is 12. The number of anilines is 2. The summed E-state index contributed by atoms with van der Waals surface area (Å²) in [5.41, 5.74) is 7.69. The zero-order valence-electron chi connectivity index (χ0n) is 39.0. The van der Waals surface area contributed by atoms with Crippen LogP contribution in [0.3, 0.4) is 0 Å². The number of sulfonamides is 1. The molecule has 12 rings (SSSR count). The van der Waals surface area contributed by atoms with Gasteiger partial charge in [0.1, 0.15) is 34.5 Å². The van der Waals surface area contributed by atoms with Gasteiger partial charge in [0.15, 0.2) is 6.54 Å². The van der Waals surface area contributed by atoms with E-state index in [4.69, 9.17) is 8.97 Å². The Bertz CT molecular complexity index is 3690. The lowest BCUT2D eigenvalue weighted by Gasteiger charge is -2.50. The van der Waals surface area contributed by atoms with Gasteiger partial charge in [0.2, 0.25) is 27.0 Å². The SMILES string of the molecule is CN(CC1=C(C(=O)O)N2C(=O)[C@@H](NC(=O)C3CC[C@H]4CN3C(=O)N4OS(=O)(=O)O)[C@H]2SC1)S(=O)(=O)c1ccccc1-c1c2ccc(=[N+]3CCc4ccccc43)cc-2oc2cc(N3CCc4ccccc43)ccc12. The number of carboxylic acids is 1. The van der Waals surface area contributed by atoms with E-state index in [1.54, 1.807) is 18.2 Å². The largest absolute Gasteiger partial charge is 0.477 e. The molecule has 4 atom stereocenters. The van der Waals surface area contributed by atoms with E-state index in [1.807, 2.05) is 60.7 Å². The second-order valence-electron chi connectivity index (χ2n) is 18.8. The number of rotatable bonds is 11. The van der Waals surface area contributed by atoms with Gasteiger partial charge >= 0.3 is 22.4 Å². The highest BCUT2D eigenvalue weighted by atomic mass is 32.3. The van der Waals surface area contributed by atoms with Crippen LogP contribution in [0.25, 0.3) is 33.4 Å². The van der Waals surface area contributed by atoms with Crippen molar-refractivity contribution in [1.29, 1.82) is 0 Å². The summed E-state index contributed by atoms with van der Waals surface area (Å²) in [6.07, 6.45) is 2.03. The molecule has 1 aliphatic carbocycles. The lowest BCUT2D eigenvalue weighted by molar-refractivity contribution is -0.151. The third-order valence-electron chi connectivity index (χ3n) is 14.7. The predicted molar refractivity (Wildman–Crippen MR) is 268 cm³/mol. The molecule has 7 heterocycles. The minimum Gasteiger partial charge on any atom is -0.477 e. The molecule has 73 heavy (non-hydrogen) atoms. The number of benzene rings is 5. The highest BCUT2D eigenvalue weighted by Gasteiger charge is 2.56. The van der Waals surface area contributed by atoms with Gasteiger partial charge in [-0.25, -0.2) is 18.0 Å². The molecule has 4 aromatic carbocycles. The van der Waals surface area contributed by atoms with Crippen molar-refractivity contribution in [1.82, 2.24) is 29.1 Å². The number of amides is 4. The van der Waals surface area contributed by atoms with Crippen LogP contribution in [-0.2, 0) is 51.9 Å². The Kier molecular flexibility index (Phi) is 11.3. The molecule has 3 saturated heterocycles.